The molecular weight excluding hydrogens is 472 g/mol. The number of aliphatic carboxylic acids is 4. The Labute approximate surface area is 209 Å². The van der Waals surface area contributed by atoms with Crippen molar-refractivity contribution in [1.29, 1.82) is 0 Å². The zero-order chi connectivity index (χ0) is 26.6. The van der Waals surface area contributed by atoms with Crippen molar-refractivity contribution < 1.29 is 49.1 Å². The molecule has 0 saturated heterocycles. The molecule has 2 aliphatic rings. The van der Waals surface area contributed by atoms with Crippen LogP contribution in [0.5, 0.6) is 11.5 Å². The molecule has 2 aliphatic carbocycles. The van der Waals surface area contributed by atoms with Crippen molar-refractivity contribution >= 4 is 23.9 Å². The topological polar surface area (TPSA) is 168 Å². The molecule has 10 nitrogen and oxygen atoms in total. The molecule has 0 fully saturated rings. The minimum atomic E-state index is -1.23. The Morgan fingerprint density at radius 3 is 1.03 bits per heavy atom. The van der Waals surface area contributed by atoms with Gasteiger partial charge in [0.25, 0.3) is 0 Å². The van der Waals surface area contributed by atoms with Crippen molar-refractivity contribution in [2.75, 3.05) is 13.2 Å². The summed E-state index contributed by atoms with van der Waals surface area (Å²) in [4.78, 5) is 48.1. The molecule has 198 valence electrons. The molecule has 3 rings (SSSR count). The van der Waals surface area contributed by atoms with E-state index in [-0.39, 0.29) is 25.7 Å². The minimum Gasteiger partial charge on any atom is -0.493 e. The van der Waals surface area contributed by atoms with Crippen molar-refractivity contribution in [2.24, 2.45) is 23.7 Å². The molecule has 10 heteroatoms. The van der Waals surface area contributed by atoms with E-state index >= 15 is 0 Å². The molecule has 0 radical (unpaired) electrons. The van der Waals surface area contributed by atoms with Gasteiger partial charge in [-0.05, 0) is 38.5 Å². The maximum absolute atomic E-state index is 12.0. The third-order valence-electron chi connectivity index (χ3n) is 7.25. The molecule has 0 heterocycles. The van der Waals surface area contributed by atoms with Gasteiger partial charge >= 0.3 is 23.9 Å². The van der Waals surface area contributed by atoms with Gasteiger partial charge in [0.1, 0.15) is 11.5 Å². The third-order valence-corrected chi connectivity index (χ3v) is 7.25. The van der Waals surface area contributed by atoms with Gasteiger partial charge in [0, 0.05) is 22.3 Å². The number of carbonyl (C=O) groups is 4. The summed E-state index contributed by atoms with van der Waals surface area (Å²) in [6.45, 7) is 4.58. The van der Waals surface area contributed by atoms with Gasteiger partial charge in [0.15, 0.2) is 0 Å². The first-order valence-corrected chi connectivity index (χ1v) is 12.5. The summed E-state index contributed by atoms with van der Waals surface area (Å²) in [5, 5.41) is 39.2. The predicted octanol–water partition coefficient (Wildman–Crippen LogP) is 3.04. The van der Waals surface area contributed by atoms with Crippen LogP contribution >= 0.6 is 0 Å². The maximum Gasteiger partial charge on any atom is 0.307 e. The van der Waals surface area contributed by atoms with E-state index in [1.54, 1.807) is 0 Å². The first-order valence-electron chi connectivity index (χ1n) is 12.5. The zero-order valence-electron chi connectivity index (χ0n) is 20.6. The molecule has 36 heavy (non-hydrogen) atoms. The molecular formula is C26H34O10. The van der Waals surface area contributed by atoms with Crippen molar-refractivity contribution in [3.05, 3.63) is 22.3 Å². The van der Waals surface area contributed by atoms with Crippen LogP contribution in [0.1, 0.15) is 61.8 Å². The summed E-state index contributed by atoms with van der Waals surface area (Å²) in [7, 11) is 0. The maximum atomic E-state index is 12.0. The fourth-order valence-electron chi connectivity index (χ4n) is 5.25. The Balaban J connectivity index is 2.27. The van der Waals surface area contributed by atoms with Gasteiger partial charge in [0.2, 0.25) is 0 Å². The fraction of sp³-hybridized carbons (Fsp3) is 0.615. The number of hydrogen-bond donors (Lipinski definition) is 4. The normalized spacial score (nSPS) is 22.7. The second-order valence-electron chi connectivity index (χ2n) is 9.57. The van der Waals surface area contributed by atoms with Crippen molar-refractivity contribution in [2.45, 2.75) is 65.2 Å². The summed E-state index contributed by atoms with van der Waals surface area (Å²) in [6, 6.07) is 0. The lowest BCUT2D eigenvalue weighted by Gasteiger charge is -2.36. The van der Waals surface area contributed by atoms with Crippen molar-refractivity contribution in [1.82, 2.24) is 0 Å². The van der Waals surface area contributed by atoms with Gasteiger partial charge < -0.3 is 29.9 Å². The van der Waals surface area contributed by atoms with Crippen LogP contribution < -0.4 is 9.47 Å². The highest BCUT2D eigenvalue weighted by Gasteiger charge is 2.46. The van der Waals surface area contributed by atoms with Gasteiger partial charge in [-0.25, -0.2) is 0 Å². The molecule has 1 aromatic carbocycles. The van der Waals surface area contributed by atoms with E-state index in [1.807, 2.05) is 13.8 Å². The molecule has 0 amide bonds. The van der Waals surface area contributed by atoms with E-state index in [4.69, 9.17) is 9.47 Å². The highest BCUT2D eigenvalue weighted by atomic mass is 16.5. The van der Waals surface area contributed by atoms with Crippen LogP contribution in [0.15, 0.2) is 0 Å². The van der Waals surface area contributed by atoms with E-state index in [1.165, 1.54) is 0 Å². The SMILES string of the molecule is CCCCOc1c2c(c(OCCCC)c3c1CC(C(=O)O)C(C(=O)O)C3)CC(C(=O)O)C(C(=O)O)C2. The van der Waals surface area contributed by atoms with Gasteiger partial charge in [-0.1, -0.05) is 26.7 Å². The van der Waals surface area contributed by atoms with Crippen molar-refractivity contribution in [3.8, 4) is 11.5 Å². The van der Waals surface area contributed by atoms with E-state index < -0.39 is 47.5 Å². The number of carboxylic acid groups (broad SMARTS) is 4. The summed E-state index contributed by atoms with van der Waals surface area (Å²) in [5.41, 5.74) is 2.11. The Bertz CT molecular complexity index is 880. The summed E-state index contributed by atoms with van der Waals surface area (Å²) in [6.07, 6.45) is 2.69. The molecule has 0 spiro atoms. The van der Waals surface area contributed by atoms with Crippen LogP contribution in [0.3, 0.4) is 0 Å². The van der Waals surface area contributed by atoms with Crippen molar-refractivity contribution in [3.63, 3.8) is 0 Å². The number of unbranched alkanes of at least 4 members (excludes halogenated alkanes) is 2. The molecule has 0 aliphatic heterocycles. The molecule has 4 atom stereocenters. The summed E-state index contributed by atoms with van der Waals surface area (Å²) < 4.78 is 12.3. The lowest BCUT2D eigenvalue weighted by molar-refractivity contribution is -0.154. The molecule has 4 N–H and O–H groups in total. The Morgan fingerprint density at radius 1 is 0.583 bits per heavy atom. The largest absolute Gasteiger partial charge is 0.493 e. The Kier molecular flexibility index (Phi) is 8.81. The first-order chi connectivity index (χ1) is 17.1. The number of carboxylic acids is 4. The molecule has 1 aromatic rings. The standard InChI is InChI=1S/C26H34O10/c1-3-5-7-35-21-13-9-17(23(27)28)19(25(31)32)11-15(13)22(36-8-6-4-2)16-12-20(26(33)34)18(24(29)30)10-14(16)21/h17-20H,3-12H2,1-2H3,(H,27,28)(H,29,30)(H,31,32)(H,33,34). The lowest BCUT2D eigenvalue weighted by atomic mass is 9.69. The second-order valence-corrected chi connectivity index (χ2v) is 9.57. The molecule has 4 unspecified atom stereocenters. The fourth-order valence-corrected chi connectivity index (χ4v) is 5.25. The first kappa shape index (κ1) is 27.3. The smallest absolute Gasteiger partial charge is 0.307 e. The molecule has 0 aromatic heterocycles. The van der Waals surface area contributed by atoms with E-state index in [9.17, 15) is 39.6 Å². The minimum absolute atomic E-state index is 0.0966. The second kappa shape index (κ2) is 11.6. The highest BCUT2D eigenvalue weighted by Crippen LogP contribution is 2.49. The number of fused-ring (bicyclic) bond motifs is 2. The van der Waals surface area contributed by atoms with Crippen LogP contribution in [0.25, 0.3) is 0 Å². The summed E-state index contributed by atoms with van der Waals surface area (Å²) in [5.74, 6) is -8.93. The van der Waals surface area contributed by atoms with Crippen LogP contribution in [0, 0.1) is 23.7 Å². The number of hydrogen-bond acceptors (Lipinski definition) is 6. The number of rotatable bonds is 12. The molecule has 0 bridgehead atoms. The average Bonchev–Trinajstić information content (AvgIpc) is 2.83. The Hall–Kier alpha value is -3.30. The van der Waals surface area contributed by atoms with Crippen LogP contribution in [-0.2, 0) is 44.9 Å². The molecule has 0 saturated carbocycles. The van der Waals surface area contributed by atoms with Gasteiger partial charge in [-0.15, -0.1) is 0 Å². The monoisotopic (exact) mass is 506 g/mol. The van der Waals surface area contributed by atoms with Gasteiger partial charge in [-0.2, -0.15) is 0 Å². The third kappa shape index (κ3) is 5.42. The van der Waals surface area contributed by atoms with E-state index in [2.05, 4.69) is 0 Å². The summed E-state index contributed by atoms with van der Waals surface area (Å²) >= 11 is 0. The zero-order valence-corrected chi connectivity index (χ0v) is 20.6. The van der Waals surface area contributed by atoms with Gasteiger partial charge in [-0.3, -0.25) is 19.2 Å². The number of benzene rings is 1. The Morgan fingerprint density at radius 2 is 0.833 bits per heavy atom. The van der Waals surface area contributed by atoms with Gasteiger partial charge in [0.05, 0.1) is 36.9 Å². The lowest BCUT2D eigenvalue weighted by Crippen LogP contribution is -2.39. The highest BCUT2D eigenvalue weighted by molar-refractivity contribution is 5.84. The van der Waals surface area contributed by atoms with E-state index in [0.717, 1.165) is 12.8 Å². The van der Waals surface area contributed by atoms with Crippen LogP contribution in [0.2, 0.25) is 0 Å². The predicted molar refractivity (Wildman–Crippen MR) is 127 cm³/mol. The van der Waals surface area contributed by atoms with Crippen LogP contribution in [-0.4, -0.2) is 57.5 Å². The number of ether oxygens (including phenoxy) is 2. The van der Waals surface area contributed by atoms with E-state index in [0.29, 0.717) is 59.8 Å². The van der Waals surface area contributed by atoms with Crippen LogP contribution in [0.4, 0.5) is 0 Å². The average molecular weight is 507 g/mol. The quantitative estimate of drug-likeness (QED) is 0.309.